The maximum absolute atomic E-state index is 11.4. The van der Waals surface area contributed by atoms with Crippen LogP contribution in [-0.2, 0) is 0 Å². The monoisotopic (exact) mass is 235 g/mol. The topological polar surface area (TPSA) is 53.2 Å². The van der Waals surface area contributed by atoms with Crippen LogP contribution in [0.4, 0.5) is 10.5 Å². The van der Waals surface area contributed by atoms with Crippen LogP contribution < -0.4 is 16.0 Å². The van der Waals surface area contributed by atoms with Crippen LogP contribution in [-0.4, -0.2) is 19.6 Å². The Kier molecular flexibility index (Phi) is 5.49. The van der Waals surface area contributed by atoms with Crippen molar-refractivity contribution < 1.29 is 4.79 Å². The van der Waals surface area contributed by atoms with Gasteiger partial charge >= 0.3 is 6.03 Å². The third kappa shape index (κ3) is 4.44. The molecule has 0 aliphatic rings. The molecule has 0 aliphatic heterocycles. The summed E-state index contributed by atoms with van der Waals surface area (Å²) in [5, 5.41) is 8.73. The quantitative estimate of drug-likeness (QED) is 0.734. The van der Waals surface area contributed by atoms with E-state index < -0.39 is 0 Å². The van der Waals surface area contributed by atoms with Gasteiger partial charge in [0.05, 0.1) is 0 Å². The fourth-order valence-electron chi connectivity index (χ4n) is 1.44. The van der Waals surface area contributed by atoms with Gasteiger partial charge in [0.15, 0.2) is 0 Å². The Morgan fingerprint density at radius 2 is 1.94 bits per heavy atom. The minimum absolute atomic E-state index is 0.152. The van der Waals surface area contributed by atoms with Crippen LogP contribution in [0.3, 0.4) is 0 Å². The van der Waals surface area contributed by atoms with Gasteiger partial charge in [-0.1, -0.05) is 19.1 Å². The highest BCUT2D eigenvalue weighted by Gasteiger charge is 2.03. The van der Waals surface area contributed by atoms with Gasteiger partial charge in [-0.15, -0.1) is 0 Å². The lowest BCUT2D eigenvalue weighted by atomic mass is 10.1. The Bertz CT molecular complexity index is 348. The maximum Gasteiger partial charge on any atom is 0.319 e. The smallest absolute Gasteiger partial charge is 0.319 e. The average Bonchev–Trinajstić information content (AvgIpc) is 2.36. The Morgan fingerprint density at radius 3 is 2.47 bits per heavy atom. The minimum atomic E-state index is -0.152. The van der Waals surface area contributed by atoms with E-state index in [9.17, 15) is 4.79 Å². The van der Waals surface area contributed by atoms with Crippen molar-refractivity contribution >= 4 is 11.7 Å². The average molecular weight is 235 g/mol. The molecule has 4 heteroatoms. The number of nitrogens with one attached hydrogen (secondary N) is 3. The minimum Gasteiger partial charge on any atom is -0.338 e. The molecule has 1 unspecified atom stereocenters. The van der Waals surface area contributed by atoms with Crippen LogP contribution in [0.15, 0.2) is 24.3 Å². The van der Waals surface area contributed by atoms with E-state index >= 15 is 0 Å². The summed E-state index contributed by atoms with van der Waals surface area (Å²) in [4.78, 5) is 11.4. The normalized spacial score (nSPS) is 11.9. The van der Waals surface area contributed by atoms with Crippen molar-refractivity contribution in [2.45, 2.75) is 26.3 Å². The first-order valence-corrected chi connectivity index (χ1v) is 5.99. The standard InChI is InChI=1S/C13H21N3O/c1-4-9-15-13(17)16-12-7-5-11(6-8-12)10(2)14-3/h5-8,10,14H,4,9H2,1-3H3,(H2,15,16,17). The van der Waals surface area contributed by atoms with E-state index in [-0.39, 0.29) is 6.03 Å². The van der Waals surface area contributed by atoms with Gasteiger partial charge in [0.2, 0.25) is 0 Å². The second-order valence-corrected chi connectivity index (χ2v) is 4.01. The van der Waals surface area contributed by atoms with E-state index in [1.54, 1.807) is 0 Å². The molecule has 4 nitrogen and oxygen atoms in total. The van der Waals surface area contributed by atoms with Crippen molar-refractivity contribution in [3.05, 3.63) is 29.8 Å². The van der Waals surface area contributed by atoms with Gasteiger partial charge < -0.3 is 16.0 Å². The third-order valence-corrected chi connectivity index (χ3v) is 2.64. The number of carbonyl (C=O) groups is 1. The molecule has 0 saturated heterocycles. The summed E-state index contributed by atoms with van der Waals surface area (Å²) in [5.74, 6) is 0. The number of rotatable bonds is 5. The fourth-order valence-corrected chi connectivity index (χ4v) is 1.44. The zero-order chi connectivity index (χ0) is 12.7. The van der Waals surface area contributed by atoms with Gasteiger partial charge in [0.1, 0.15) is 0 Å². The zero-order valence-corrected chi connectivity index (χ0v) is 10.7. The summed E-state index contributed by atoms with van der Waals surface area (Å²) in [6, 6.07) is 8.01. The molecule has 2 amide bonds. The van der Waals surface area contributed by atoms with Gasteiger partial charge in [0.25, 0.3) is 0 Å². The van der Waals surface area contributed by atoms with Gasteiger partial charge in [-0.05, 0) is 38.1 Å². The molecule has 1 rings (SSSR count). The van der Waals surface area contributed by atoms with Crippen LogP contribution in [0.5, 0.6) is 0 Å². The number of urea groups is 1. The van der Waals surface area contributed by atoms with Crippen molar-refractivity contribution in [1.29, 1.82) is 0 Å². The maximum atomic E-state index is 11.4. The molecule has 0 aliphatic carbocycles. The van der Waals surface area contributed by atoms with Crippen molar-refractivity contribution in [3.8, 4) is 0 Å². The van der Waals surface area contributed by atoms with Crippen LogP contribution in [0.1, 0.15) is 31.9 Å². The van der Waals surface area contributed by atoms with E-state index in [2.05, 4.69) is 22.9 Å². The molecular weight excluding hydrogens is 214 g/mol. The van der Waals surface area contributed by atoms with E-state index in [0.29, 0.717) is 12.6 Å². The van der Waals surface area contributed by atoms with Gasteiger partial charge in [0, 0.05) is 18.3 Å². The summed E-state index contributed by atoms with van der Waals surface area (Å²) in [6.45, 7) is 4.81. The summed E-state index contributed by atoms with van der Waals surface area (Å²) in [6.07, 6.45) is 0.937. The fraction of sp³-hybridized carbons (Fsp3) is 0.462. The number of carbonyl (C=O) groups excluding carboxylic acids is 1. The Labute approximate surface area is 103 Å². The first-order valence-electron chi connectivity index (χ1n) is 5.99. The second kappa shape index (κ2) is 6.91. The highest BCUT2D eigenvalue weighted by molar-refractivity contribution is 5.89. The second-order valence-electron chi connectivity index (χ2n) is 4.01. The SMILES string of the molecule is CCCNC(=O)Nc1ccc(C(C)NC)cc1. The number of benzene rings is 1. The van der Waals surface area contributed by atoms with Gasteiger partial charge in [-0.25, -0.2) is 4.79 Å². The van der Waals surface area contributed by atoms with Crippen LogP contribution >= 0.6 is 0 Å². The number of hydrogen-bond acceptors (Lipinski definition) is 2. The predicted octanol–water partition coefficient (Wildman–Crippen LogP) is 2.50. The number of hydrogen-bond donors (Lipinski definition) is 3. The lowest BCUT2D eigenvalue weighted by Gasteiger charge is -2.11. The highest BCUT2D eigenvalue weighted by atomic mass is 16.2. The number of anilines is 1. The van der Waals surface area contributed by atoms with E-state index in [4.69, 9.17) is 0 Å². The van der Waals surface area contributed by atoms with E-state index in [1.165, 1.54) is 5.56 Å². The molecule has 0 heterocycles. The van der Waals surface area contributed by atoms with E-state index in [0.717, 1.165) is 12.1 Å². The highest BCUT2D eigenvalue weighted by Crippen LogP contribution is 2.15. The van der Waals surface area contributed by atoms with Gasteiger partial charge in [-0.2, -0.15) is 0 Å². The Morgan fingerprint density at radius 1 is 1.29 bits per heavy atom. The third-order valence-electron chi connectivity index (χ3n) is 2.64. The molecule has 0 radical (unpaired) electrons. The molecule has 3 N–H and O–H groups in total. The van der Waals surface area contributed by atoms with Gasteiger partial charge in [-0.3, -0.25) is 0 Å². The lowest BCUT2D eigenvalue weighted by Crippen LogP contribution is -2.29. The molecular formula is C13H21N3O. The molecule has 0 aromatic heterocycles. The zero-order valence-electron chi connectivity index (χ0n) is 10.7. The molecule has 0 saturated carbocycles. The van der Waals surface area contributed by atoms with Crippen LogP contribution in [0.25, 0.3) is 0 Å². The molecule has 1 aromatic rings. The predicted molar refractivity (Wildman–Crippen MR) is 71.2 cm³/mol. The van der Waals surface area contributed by atoms with Crippen molar-refractivity contribution in [2.24, 2.45) is 0 Å². The molecule has 0 fully saturated rings. The van der Waals surface area contributed by atoms with Crippen LogP contribution in [0, 0.1) is 0 Å². The Hall–Kier alpha value is -1.55. The van der Waals surface area contributed by atoms with Crippen molar-refractivity contribution in [3.63, 3.8) is 0 Å². The molecule has 1 atom stereocenters. The Balaban J connectivity index is 2.53. The van der Waals surface area contributed by atoms with E-state index in [1.807, 2.05) is 38.2 Å². The number of amides is 2. The van der Waals surface area contributed by atoms with Crippen molar-refractivity contribution in [2.75, 3.05) is 18.9 Å². The summed E-state index contributed by atoms with van der Waals surface area (Å²) >= 11 is 0. The van der Waals surface area contributed by atoms with Crippen molar-refractivity contribution in [1.82, 2.24) is 10.6 Å². The molecule has 0 spiro atoms. The summed E-state index contributed by atoms with van der Waals surface area (Å²) < 4.78 is 0. The summed E-state index contributed by atoms with van der Waals surface area (Å²) in [5.41, 5.74) is 2.01. The first-order chi connectivity index (χ1) is 8.17. The summed E-state index contributed by atoms with van der Waals surface area (Å²) in [7, 11) is 1.93. The molecule has 17 heavy (non-hydrogen) atoms. The van der Waals surface area contributed by atoms with Crippen LogP contribution in [0.2, 0.25) is 0 Å². The molecule has 0 bridgehead atoms. The largest absolute Gasteiger partial charge is 0.338 e. The molecule has 94 valence electrons. The molecule has 1 aromatic carbocycles. The lowest BCUT2D eigenvalue weighted by molar-refractivity contribution is 0.252. The first kappa shape index (κ1) is 13.5.